The summed E-state index contributed by atoms with van der Waals surface area (Å²) in [5, 5.41) is 3.52. The fourth-order valence-electron chi connectivity index (χ4n) is 2.13. The molecule has 1 heterocycles. The number of rotatable bonds is 6. The van der Waals surface area contributed by atoms with Gasteiger partial charge in [-0.15, -0.1) is 0 Å². The summed E-state index contributed by atoms with van der Waals surface area (Å²) in [4.78, 5) is 6.40. The smallest absolute Gasteiger partial charge is 0.151 e. The van der Waals surface area contributed by atoms with E-state index in [0.29, 0.717) is 6.61 Å². The third-order valence-corrected chi connectivity index (χ3v) is 3.08. The number of nitrogens with zero attached hydrogens (tertiary/aromatic N) is 2. The van der Waals surface area contributed by atoms with Crippen LogP contribution in [0.4, 0.5) is 11.5 Å². The van der Waals surface area contributed by atoms with Gasteiger partial charge in [0.05, 0.1) is 18.3 Å². The van der Waals surface area contributed by atoms with Crippen LogP contribution < -0.4 is 10.2 Å². The average Bonchev–Trinajstić information content (AvgIpc) is 2.48. The molecule has 1 aromatic heterocycles. The van der Waals surface area contributed by atoms with E-state index in [1.54, 1.807) is 13.3 Å². The molecule has 20 heavy (non-hydrogen) atoms. The fourth-order valence-corrected chi connectivity index (χ4v) is 2.13. The lowest BCUT2D eigenvalue weighted by molar-refractivity contribution is 0.186. The molecule has 0 bridgehead atoms. The van der Waals surface area contributed by atoms with Crippen molar-refractivity contribution in [3.8, 4) is 0 Å². The second-order valence-electron chi connectivity index (χ2n) is 4.83. The standard InChI is InChI=1S/C16H21N3O/c1-19(2)16-14(10-7-11-17-16)18-15(12-20-3)13-8-5-4-6-9-13/h4-11,15,18H,12H2,1-3H3. The molecule has 0 aliphatic rings. The predicted octanol–water partition coefficient (Wildman–Crippen LogP) is 2.95. The quantitative estimate of drug-likeness (QED) is 0.876. The molecule has 4 heteroatoms. The molecule has 0 spiro atoms. The zero-order valence-electron chi connectivity index (χ0n) is 12.2. The van der Waals surface area contributed by atoms with E-state index in [1.165, 1.54) is 5.56 Å². The van der Waals surface area contributed by atoms with Crippen LogP contribution in [0.1, 0.15) is 11.6 Å². The Kier molecular flexibility index (Phi) is 4.96. The number of ether oxygens (including phenoxy) is 1. The molecular weight excluding hydrogens is 250 g/mol. The van der Waals surface area contributed by atoms with Gasteiger partial charge in [0.15, 0.2) is 5.82 Å². The lowest BCUT2D eigenvalue weighted by Crippen LogP contribution is -2.19. The second kappa shape index (κ2) is 6.91. The summed E-state index contributed by atoms with van der Waals surface area (Å²) in [6.45, 7) is 0.603. The van der Waals surface area contributed by atoms with E-state index in [2.05, 4.69) is 22.4 Å². The molecule has 2 rings (SSSR count). The molecule has 0 amide bonds. The van der Waals surface area contributed by atoms with Crippen molar-refractivity contribution in [2.75, 3.05) is 38.0 Å². The molecule has 106 valence electrons. The highest BCUT2D eigenvalue weighted by molar-refractivity contribution is 5.65. The molecule has 4 nitrogen and oxygen atoms in total. The van der Waals surface area contributed by atoms with E-state index < -0.39 is 0 Å². The predicted molar refractivity (Wildman–Crippen MR) is 83.2 cm³/mol. The van der Waals surface area contributed by atoms with Crippen LogP contribution in [0.3, 0.4) is 0 Å². The van der Waals surface area contributed by atoms with Crippen molar-refractivity contribution in [2.24, 2.45) is 0 Å². The van der Waals surface area contributed by atoms with E-state index in [4.69, 9.17) is 4.74 Å². The number of anilines is 2. The molecule has 0 saturated heterocycles. The first-order valence-electron chi connectivity index (χ1n) is 6.65. The Labute approximate surface area is 120 Å². The largest absolute Gasteiger partial charge is 0.382 e. The van der Waals surface area contributed by atoms with E-state index in [-0.39, 0.29) is 6.04 Å². The highest BCUT2D eigenvalue weighted by atomic mass is 16.5. The van der Waals surface area contributed by atoms with Crippen molar-refractivity contribution >= 4 is 11.5 Å². The third kappa shape index (κ3) is 3.48. The van der Waals surface area contributed by atoms with Gasteiger partial charge in [-0.25, -0.2) is 4.98 Å². The van der Waals surface area contributed by atoms with Crippen molar-refractivity contribution < 1.29 is 4.74 Å². The van der Waals surface area contributed by atoms with Gasteiger partial charge < -0.3 is 15.0 Å². The maximum Gasteiger partial charge on any atom is 0.151 e. The first-order valence-corrected chi connectivity index (χ1v) is 6.65. The maximum absolute atomic E-state index is 5.33. The van der Waals surface area contributed by atoms with E-state index in [0.717, 1.165) is 11.5 Å². The number of pyridine rings is 1. The highest BCUT2D eigenvalue weighted by Gasteiger charge is 2.14. The molecule has 1 aromatic carbocycles. The van der Waals surface area contributed by atoms with Crippen LogP contribution in [0.25, 0.3) is 0 Å². The zero-order valence-corrected chi connectivity index (χ0v) is 12.2. The summed E-state index contributed by atoms with van der Waals surface area (Å²) in [6.07, 6.45) is 1.80. The van der Waals surface area contributed by atoms with Crippen LogP contribution in [0.5, 0.6) is 0 Å². The van der Waals surface area contributed by atoms with Gasteiger partial charge in [0.25, 0.3) is 0 Å². The van der Waals surface area contributed by atoms with Crippen LogP contribution in [-0.4, -0.2) is 32.8 Å². The average molecular weight is 271 g/mol. The summed E-state index contributed by atoms with van der Waals surface area (Å²) in [5.74, 6) is 0.921. The molecular formula is C16H21N3O. The topological polar surface area (TPSA) is 37.4 Å². The van der Waals surface area contributed by atoms with Gasteiger partial charge in [0.1, 0.15) is 0 Å². The molecule has 1 N–H and O–H groups in total. The molecule has 0 fully saturated rings. The van der Waals surface area contributed by atoms with Crippen LogP contribution in [0.15, 0.2) is 48.7 Å². The first kappa shape index (κ1) is 14.3. The Morgan fingerprint density at radius 3 is 2.55 bits per heavy atom. The third-order valence-electron chi connectivity index (χ3n) is 3.08. The second-order valence-corrected chi connectivity index (χ2v) is 4.83. The lowest BCUT2D eigenvalue weighted by atomic mass is 10.1. The van der Waals surface area contributed by atoms with Gasteiger partial charge in [-0.3, -0.25) is 0 Å². The molecule has 1 atom stereocenters. The number of aromatic nitrogens is 1. The van der Waals surface area contributed by atoms with Gasteiger partial charge in [0, 0.05) is 27.4 Å². The van der Waals surface area contributed by atoms with E-state index >= 15 is 0 Å². The minimum Gasteiger partial charge on any atom is -0.382 e. The Morgan fingerprint density at radius 2 is 1.90 bits per heavy atom. The first-order chi connectivity index (χ1) is 9.72. The SMILES string of the molecule is COCC(Nc1cccnc1N(C)C)c1ccccc1. The van der Waals surface area contributed by atoms with Gasteiger partial charge in [-0.1, -0.05) is 30.3 Å². The fraction of sp³-hybridized carbons (Fsp3) is 0.312. The van der Waals surface area contributed by atoms with Gasteiger partial charge >= 0.3 is 0 Å². The highest BCUT2D eigenvalue weighted by Crippen LogP contribution is 2.26. The summed E-state index contributed by atoms with van der Waals surface area (Å²) >= 11 is 0. The number of methoxy groups -OCH3 is 1. The Hall–Kier alpha value is -2.07. The van der Waals surface area contributed by atoms with Crippen molar-refractivity contribution in [1.82, 2.24) is 4.98 Å². The van der Waals surface area contributed by atoms with Crippen LogP contribution in [0.2, 0.25) is 0 Å². The van der Waals surface area contributed by atoms with Crippen molar-refractivity contribution in [3.05, 3.63) is 54.2 Å². The van der Waals surface area contributed by atoms with Crippen LogP contribution in [-0.2, 0) is 4.74 Å². The number of hydrogen-bond donors (Lipinski definition) is 1. The number of benzene rings is 1. The lowest BCUT2D eigenvalue weighted by Gasteiger charge is -2.23. The van der Waals surface area contributed by atoms with Crippen molar-refractivity contribution in [3.63, 3.8) is 0 Å². The monoisotopic (exact) mass is 271 g/mol. The van der Waals surface area contributed by atoms with E-state index in [1.807, 2.05) is 49.3 Å². The van der Waals surface area contributed by atoms with Crippen molar-refractivity contribution in [2.45, 2.75) is 6.04 Å². The van der Waals surface area contributed by atoms with Gasteiger partial charge in [0.2, 0.25) is 0 Å². The molecule has 1 unspecified atom stereocenters. The minimum absolute atomic E-state index is 0.101. The van der Waals surface area contributed by atoms with E-state index in [9.17, 15) is 0 Å². The number of hydrogen-bond acceptors (Lipinski definition) is 4. The Morgan fingerprint density at radius 1 is 1.15 bits per heavy atom. The van der Waals surface area contributed by atoms with Crippen molar-refractivity contribution in [1.29, 1.82) is 0 Å². The minimum atomic E-state index is 0.101. The molecule has 2 aromatic rings. The van der Waals surface area contributed by atoms with Gasteiger partial charge in [-0.05, 0) is 17.7 Å². The van der Waals surface area contributed by atoms with Crippen LogP contribution in [0, 0.1) is 0 Å². The van der Waals surface area contributed by atoms with Gasteiger partial charge in [-0.2, -0.15) is 0 Å². The van der Waals surface area contributed by atoms with Crippen LogP contribution >= 0.6 is 0 Å². The summed E-state index contributed by atoms with van der Waals surface area (Å²) in [7, 11) is 5.69. The molecule has 0 radical (unpaired) electrons. The maximum atomic E-state index is 5.33. The Balaban J connectivity index is 2.25. The summed E-state index contributed by atoms with van der Waals surface area (Å²) in [6, 6.07) is 14.4. The zero-order chi connectivity index (χ0) is 14.4. The summed E-state index contributed by atoms with van der Waals surface area (Å²) in [5.41, 5.74) is 2.20. The summed E-state index contributed by atoms with van der Waals surface area (Å²) < 4.78 is 5.33. The molecule has 0 saturated carbocycles. The Bertz CT molecular complexity index is 528. The molecule has 0 aliphatic heterocycles. The number of nitrogens with one attached hydrogen (secondary N) is 1. The molecule has 0 aliphatic carbocycles. The normalized spacial score (nSPS) is 11.9.